The molecule has 0 aliphatic rings. The van der Waals surface area contributed by atoms with E-state index in [1.807, 2.05) is 6.92 Å². The molecule has 0 bridgehead atoms. The number of rotatable bonds is 6. The minimum absolute atomic E-state index is 0.0403. The van der Waals surface area contributed by atoms with E-state index in [4.69, 9.17) is 4.74 Å². The summed E-state index contributed by atoms with van der Waals surface area (Å²) in [6.45, 7) is 4.43. The number of benzene rings is 1. The summed E-state index contributed by atoms with van der Waals surface area (Å²) in [5.41, 5.74) is 0.923. The Balaban J connectivity index is 2.00. The number of H-pyrrole nitrogens is 1. The minimum Gasteiger partial charge on any atom is -0.462 e. The SMILES string of the molecule is CCOC(=O)c1ccc(C(=O)N(C)CC(C)c2nn[nH]n2)cc1. The number of likely N-dealkylation sites (N-methyl/N-ethyl adjacent to an activating group) is 1. The standard InChI is InChI=1S/C15H19N5O3/c1-4-23-15(22)12-7-5-11(6-8-12)14(21)20(3)9-10(2)13-16-18-19-17-13/h5-8,10H,4,9H2,1-3H3,(H,16,17,18,19). The third-order valence-electron chi connectivity index (χ3n) is 3.34. The van der Waals surface area contributed by atoms with Crippen molar-refractivity contribution in [2.45, 2.75) is 19.8 Å². The van der Waals surface area contributed by atoms with Gasteiger partial charge in [-0.15, -0.1) is 10.2 Å². The highest BCUT2D eigenvalue weighted by Crippen LogP contribution is 2.13. The molecule has 1 atom stereocenters. The number of hydrogen-bond donors (Lipinski definition) is 1. The van der Waals surface area contributed by atoms with Crippen molar-refractivity contribution in [1.82, 2.24) is 25.5 Å². The smallest absolute Gasteiger partial charge is 0.338 e. The molecule has 0 aliphatic heterocycles. The van der Waals surface area contributed by atoms with Crippen molar-refractivity contribution >= 4 is 11.9 Å². The molecule has 1 heterocycles. The monoisotopic (exact) mass is 317 g/mol. The summed E-state index contributed by atoms with van der Waals surface area (Å²) in [6, 6.07) is 6.40. The number of aromatic nitrogens is 4. The summed E-state index contributed by atoms with van der Waals surface area (Å²) in [4.78, 5) is 25.6. The molecule has 0 radical (unpaired) electrons. The molecule has 1 unspecified atom stereocenters. The highest BCUT2D eigenvalue weighted by molar-refractivity contribution is 5.96. The zero-order chi connectivity index (χ0) is 16.8. The van der Waals surface area contributed by atoms with E-state index in [1.54, 1.807) is 43.1 Å². The van der Waals surface area contributed by atoms with Crippen molar-refractivity contribution in [3.63, 3.8) is 0 Å². The van der Waals surface area contributed by atoms with Crippen LogP contribution in [-0.4, -0.2) is 57.6 Å². The van der Waals surface area contributed by atoms with Gasteiger partial charge in [0.05, 0.1) is 12.2 Å². The van der Waals surface area contributed by atoms with Crippen LogP contribution in [0.3, 0.4) is 0 Å². The van der Waals surface area contributed by atoms with Gasteiger partial charge in [-0.1, -0.05) is 12.1 Å². The number of nitrogens with zero attached hydrogens (tertiary/aromatic N) is 4. The van der Waals surface area contributed by atoms with Crippen LogP contribution in [0.1, 0.15) is 46.3 Å². The Kier molecular flexibility index (Phi) is 5.40. The summed E-state index contributed by atoms with van der Waals surface area (Å²) in [7, 11) is 1.71. The van der Waals surface area contributed by atoms with Crippen LogP contribution in [0.4, 0.5) is 0 Å². The highest BCUT2D eigenvalue weighted by atomic mass is 16.5. The van der Waals surface area contributed by atoms with Crippen molar-refractivity contribution in [2.75, 3.05) is 20.2 Å². The van der Waals surface area contributed by atoms with E-state index in [9.17, 15) is 9.59 Å². The van der Waals surface area contributed by atoms with Gasteiger partial charge in [0.1, 0.15) is 0 Å². The highest BCUT2D eigenvalue weighted by Gasteiger charge is 2.18. The molecule has 0 aliphatic carbocycles. The second-order valence-electron chi connectivity index (χ2n) is 5.15. The second-order valence-corrected chi connectivity index (χ2v) is 5.15. The maximum Gasteiger partial charge on any atom is 0.338 e. The Morgan fingerprint density at radius 2 is 1.91 bits per heavy atom. The maximum atomic E-state index is 12.4. The van der Waals surface area contributed by atoms with Gasteiger partial charge in [-0.25, -0.2) is 4.79 Å². The van der Waals surface area contributed by atoms with E-state index in [0.717, 1.165) is 0 Å². The summed E-state index contributed by atoms with van der Waals surface area (Å²) < 4.78 is 4.91. The van der Waals surface area contributed by atoms with Crippen molar-refractivity contribution in [3.05, 3.63) is 41.2 Å². The van der Waals surface area contributed by atoms with Gasteiger partial charge in [0.2, 0.25) is 0 Å². The number of tetrazole rings is 1. The largest absolute Gasteiger partial charge is 0.462 e. The first-order valence-electron chi connectivity index (χ1n) is 7.29. The van der Waals surface area contributed by atoms with Crippen molar-refractivity contribution in [2.24, 2.45) is 0 Å². The Bertz CT molecular complexity index is 654. The van der Waals surface area contributed by atoms with Crippen LogP contribution in [0.5, 0.6) is 0 Å². The van der Waals surface area contributed by atoms with E-state index in [2.05, 4.69) is 20.6 Å². The van der Waals surface area contributed by atoms with Crippen LogP contribution in [-0.2, 0) is 4.74 Å². The molecule has 1 aromatic heterocycles. The van der Waals surface area contributed by atoms with Gasteiger partial charge in [-0.2, -0.15) is 5.21 Å². The summed E-state index contributed by atoms with van der Waals surface area (Å²) in [5.74, 6) is -0.0230. The van der Waals surface area contributed by atoms with E-state index in [-0.39, 0.29) is 11.8 Å². The quantitative estimate of drug-likeness (QED) is 0.805. The van der Waals surface area contributed by atoms with Gasteiger partial charge in [0.25, 0.3) is 5.91 Å². The zero-order valence-electron chi connectivity index (χ0n) is 13.3. The lowest BCUT2D eigenvalue weighted by molar-refractivity contribution is 0.0525. The molecular formula is C15H19N5O3. The molecule has 0 saturated carbocycles. The molecule has 2 aromatic rings. The van der Waals surface area contributed by atoms with Crippen LogP contribution >= 0.6 is 0 Å². The van der Waals surface area contributed by atoms with Gasteiger partial charge in [-0.3, -0.25) is 4.79 Å². The number of aromatic amines is 1. The third kappa shape index (κ3) is 4.12. The number of amides is 1. The average Bonchev–Trinajstić information content (AvgIpc) is 3.09. The van der Waals surface area contributed by atoms with Gasteiger partial charge < -0.3 is 9.64 Å². The summed E-state index contributed by atoms with van der Waals surface area (Å²) >= 11 is 0. The second kappa shape index (κ2) is 7.48. The lowest BCUT2D eigenvalue weighted by Gasteiger charge is -2.20. The molecule has 122 valence electrons. The van der Waals surface area contributed by atoms with Crippen LogP contribution in [0, 0.1) is 0 Å². The van der Waals surface area contributed by atoms with Crippen LogP contribution in [0.2, 0.25) is 0 Å². The number of nitrogens with one attached hydrogen (secondary N) is 1. The van der Waals surface area contributed by atoms with Crippen molar-refractivity contribution in [1.29, 1.82) is 0 Å². The number of carbonyl (C=O) groups excluding carboxylic acids is 2. The lowest BCUT2D eigenvalue weighted by Crippen LogP contribution is -2.30. The lowest BCUT2D eigenvalue weighted by atomic mass is 10.1. The molecular weight excluding hydrogens is 298 g/mol. The van der Waals surface area contributed by atoms with Gasteiger partial charge in [0, 0.05) is 25.1 Å². The zero-order valence-corrected chi connectivity index (χ0v) is 13.3. The van der Waals surface area contributed by atoms with E-state index in [0.29, 0.717) is 30.1 Å². The van der Waals surface area contributed by atoms with E-state index in [1.165, 1.54) is 0 Å². The Morgan fingerprint density at radius 1 is 1.26 bits per heavy atom. The van der Waals surface area contributed by atoms with Crippen LogP contribution < -0.4 is 0 Å². The molecule has 8 heteroatoms. The first kappa shape index (κ1) is 16.6. The molecule has 0 spiro atoms. The predicted molar refractivity (Wildman–Crippen MR) is 82.0 cm³/mol. The topological polar surface area (TPSA) is 101 Å². The van der Waals surface area contributed by atoms with Crippen molar-refractivity contribution in [3.8, 4) is 0 Å². The predicted octanol–water partition coefficient (Wildman–Crippen LogP) is 1.25. The Hall–Kier alpha value is -2.77. The van der Waals surface area contributed by atoms with Gasteiger partial charge in [0.15, 0.2) is 5.82 Å². The molecule has 2 rings (SSSR count). The molecule has 0 saturated heterocycles. The third-order valence-corrected chi connectivity index (χ3v) is 3.34. The molecule has 1 aromatic carbocycles. The Labute approximate surface area is 133 Å². The Morgan fingerprint density at radius 3 is 2.48 bits per heavy atom. The normalized spacial score (nSPS) is 11.8. The van der Waals surface area contributed by atoms with Gasteiger partial charge in [-0.05, 0) is 31.2 Å². The molecule has 8 nitrogen and oxygen atoms in total. The van der Waals surface area contributed by atoms with Crippen molar-refractivity contribution < 1.29 is 14.3 Å². The molecule has 23 heavy (non-hydrogen) atoms. The fourth-order valence-electron chi connectivity index (χ4n) is 2.14. The van der Waals surface area contributed by atoms with E-state index >= 15 is 0 Å². The first-order chi connectivity index (χ1) is 11.0. The average molecular weight is 317 g/mol. The number of esters is 1. The minimum atomic E-state index is -0.398. The number of ether oxygens (including phenoxy) is 1. The molecule has 0 fully saturated rings. The number of carbonyl (C=O) groups is 2. The molecule has 1 amide bonds. The summed E-state index contributed by atoms with van der Waals surface area (Å²) in [6.07, 6.45) is 0. The fraction of sp³-hybridized carbons (Fsp3) is 0.400. The van der Waals surface area contributed by atoms with Crippen LogP contribution in [0.25, 0.3) is 0 Å². The fourth-order valence-corrected chi connectivity index (χ4v) is 2.14. The maximum absolute atomic E-state index is 12.4. The summed E-state index contributed by atoms with van der Waals surface area (Å²) in [5, 5.41) is 13.7. The van der Waals surface area contributed by atoms with Crippen LogP contribution in [0.15, 0.2) is 24.3 Å². The van der Waals surface area contributed by atoms with E-state index < -0.39 is 5.97 Å². The number of hydrogen-bond acceptors (Lipinski definition) is 6. The van der Waals surface area contributed by atoms with Gasteiger partial charge >= 0.3 is 5.97 Å². The molecule has 1 N–H and O–H groups in total. The first-order valence-corrected chi connectivity index (χ1v) is 7.29.